The number of aliphatic hydroxyl groups is 1. The molecular formula is C26H20ClNO5. The molecule has 1 atom stereocenters. The van der Waals surface area contributed by atoms with E-state index < -0.39 is 11.5 Å². The topological polar surface area (TPSA) is 76.1 Å². The average molecular weight is 462 g/mol. The van der Waals surface area contributed by atoms with E-state index in [1.165, 1.54) is 11.0 Å². The summed E-state index contributed by atoms with van der Waals surface area (Å²) < 4.78 is 10.6. The van der Waals surface area contributed by atoms with Crippen molar-refractivity contribution in [3.63, 3.8) is 0 Å². The number of ketones is 1. The molecule has 6 nitrogen and oxygen atoms in total. The van der Waals surface area contributed by atoms with Crippen LogP contribution < -0.4 is 14.4 Å². The van der Waals surface area contributed by atoms with Gasteiger partial charge in [0, 0.05) is 10.6 Å². The zero-order valence-corrected chi connectivity index (χ0v) is 18.3. The predicted octanol–water partition coefficient (Wildman–Crippen LogP) is 4.48. The van der Waals surface area contributed by atoms with E-state index in [-0.39, 0.29) is 25.5 Å². The standard InChI is InChI=1S/C26H20ClNO5/c27-21-7-3-1-5-18(21)15-28-22-8-4-2-6-20(22)26(31,25(28)30)14-19(29)11-9-17-10-12-23-24(13-17)33-16-32-23/h1-13,31H,14-16H2/b11-9+/t26-/m1/s1. The molecule has 0 saturated carbocycles. The van der Waals surface area contributed by atoms with Crippen molar-refractivity contribution in [3.8, 4) is 11.5 Å². The summed E-state index contributed by atoms with van der Waals surface area (Å²) in [6.45, 7) is 0.361. The highest BCUT2D eigenvalue weighted by molar-refractivity contribution is 6.31. The molecule has 0 radical (unpaired) electrons. The number of hydrogen-bond donors (Lipinski definition) is 1. The number of nitrogens with zero attached hydrogens (tertiary/aromatic N) is 1. The number of carbonyl (C=O) groups excluding carboxylic acids is 2. The molecule has 2 heterocycles. The van der Waals surface area contributed by atoms with Crippen molar-refractivity contribution in [1.29, 1.82) is 0 Å². The van der Waals surface area contributed by atoms with E-state index in [1.54, 1.807) is 54.6 Å². The van der Waals surface area contributed by atoms with E-state index in [0.717, 1.165) is 11.1 Å². The molecule has 5 rings (SSSR count). The molecule has 2 aliphatic rings. The van der Waals surface area contributed by atoms with E-state index in [2.05, 4.69) is 0 Å². The summed E-state index contributed by atoms with van der Waals surface area (Å²) in [5, 5.41) is 11.9. The maximum absolute atomic E-state index is 13.4. The number of para-hydroxylation sites is 1. The minimum atomic E-state index is -1.95. The van der Waals surface area contributed by atoms with Gasteiger partial charge in [0.1, 0.15) is 0 Å². The molecule has 33 heavy (non-hydrogen) atoms. The number of ether oxygens (including phenoxy) is 2. The third-order valence-electron chi connectivity index (χ3n) is 5.81. The fourth-order valence-electron chi connectivity index (χ4n) is 4.15. The van der Waals surface area contributed by atoms with Crippen molar-refractivity contribution in [1.82, 2.24) is 0 Å². The van der Waals surface area contributed by atoms with Gasteiger partial charge in [-0.15, -0.1) is 0 Å². The van der Waals surface area contributed by atoms with Crippen molar-refractivity contribution in [3.05, 3.63) is 94.5 Å². The summed E-state index contributed by atoms with van der Waals surface area (Å²) in [7, 11) is 0. The molecule has 0 fully saturated rings. The number of rotatable bonds is 6. The Morgan fingerprint density at radius 3 is 2.67 bits per heavy atom. The fraction of sp³-hybridized carbons (Fsp3) is 0.154. The number of allylic oxidation sites excluding steroid dienone is 1. The Balaban J connectivity index is 1.38. The quantitative estimate of drug-likeness (QED) is 0.548. The number of amides is 1. The van der Waals surface area contributed by atoms with Crippen molar-refractivity contribution < 1.29 is 24.2 Å². The first-order valence-corrected chi connectivity index (χ1v) is 10.8. The van der Waals surface area contributed by atoms with Crippen LogP contribution >= 0.6 is 11.6 Å². The van der Waals surface area contributed by atoms with Crippen molar-refractivity contribution in [2.75, 3.05) is 11.7 Å². The maximum Gasteiger partial charge on any atom is 0.264 e. The normalized spacial score (nSPS) is 18.7. The maximum atomic E-state index is 13.4. The largest absolute Gasteiger partial charge is 0.454 e. The molecule has 2 aliphatic heterocycles. The first-order chi connectivity index (χ1) is 16.0. The van der Waals surface area contributed by atoms with Crippen LogP contribution in [0.1, 0.15) is 23.1 Å². The average Bonchev–Trinajstić information content (AvgIpc) is 3.36. The van der Waals surface area contributed by atoms with E-state index in [9.17, 15) is 14.7 Å². The third kappa shape index (κ3) is 3.88. The molecule has 0 aliphatic carbocycles. The number of halogens is 1. The van der Waals surface area contributed by atoms with Crippen LogP contribution in [-0.2, 0) is 21.7 Å². The van der Waals surface area contributed by atoms with Crippen LogP contribution in [0.4, 0.5) is 5.69 Å². The van der Waals surface area contributed by atoms with Gasteiger partial charge in [0.05, 0.1) is 18.7 Å². The minimum Gasteiger partial charge on any atom is -0.454 e. The van der Waals surface area contributed by atoms with E-state index in [0.29, 0.717) is 27.8 Å². The van der Waals surface area contributed by atoms with Gasteiger partial charge in [0.15, 0.2) is 22.9 Å². The lowest BCUT2D eigenvalue weighted by atomic mass is 9.89. The summed E-state index contributed by atoms with van der Waals surface area (Å²) in [6, 6.07) is 19.5. The fourth-order valence-corrected chi connectivity index (χ4v) is 4.34. The highest BCUT2D eigenvalue weighted by Gasteiger charge is 2.50. The van der Waals surface area contributed by atoms with Crippen LogP contribution in [0.15, 0.2) is 72.8 Å². The first kappa shape index (κ1) is 21.2. The van der Waals surface area contributed by atoms with Crippen molar-refractivity contribution in [2.45, 2.75) is 18.6 Å². The highest BCUT2D eigenvalue weighted by atomic mass is 35.5. The van der Waals surface area contributed by atoms with Crippen LogP contribution in [0.5, 0.6) is 11.5 Å². The second kappa shape index (κ2) is 8.39. The van der Waals surface area contributed by atoms with E-state index in [4.69, 9.17) is 21.1 Å². The van der Waals surface area contributed by atoms with Crippen molar-refractivity contribution in [2.24, 2.45) is 0 Å². The van der Waals surface area contributed by atoms with Gasteiger partial charge in [0.2, 0.25) is 6.79 Å². The molecule has 0 unspecified atom stereocenters. The molecule has 3 aromatic rings. The Labute approximate surface area is 195 Å². The van der Waals surface area contributed by atoms with Gasteiger partial charge < -0.3 is 19.5 Å². The summed E-state index contributed by atoms with van der Waals surface area (Å²) in [5.74, 6) is 0.337. The Hall–Kier alpha value is -3.61. The second-order valence-electron chi connectivity index (χ2n) is 7.95. The summed E-state index contributed by atoms with van der Waals surface area (Å²) >= 11 is 6.29. The Morgan fingerprint density at radius 1 is 1.06 bits per heavy atom. The number of anilines is 1. The molecule has 166 valence electrons. The lowest BCUT2D eigenvalue weighted by Gasteiger charge is -2.22. The molecule has 7 heteroatoms. The lowest BCUT2D eigenvalue weighted by Crippen LogP contribution is -2.41. The van der Waals surface area contributed by atoms with Crippen LogP contribution in [0, 0.1) is 0 Å². The Morgan fingerprint density at radius 2 is 1.82 bits per heavy atom. The van der Waals surface area contributed by atoms with E-state index in [1.807, 2.05) is 18.2 Å². The molecule has 1 amide bonds. The summed E-state index contributed by atoms with van der Waals surface area (Å²) in [5.41, 5.74) is 0.525. The predicted molar refractivity (Wildman–Crippen MR) is 124 cm³/mol. The number of fused-ring (bicyclic) bond motifs is 2. The smallest absolute Gasteiger partial charge is 0.264 e. The monoisotopic (exact) mass is 461 g/mol. The lowest BCUT2D eigenvalue weighted by molar-refractivity contribution is -0.140. The zero-order valence-electron chi connectivity index (χ0n) is 17.5. The molecule has 3 aromatic carbocycles. The van der Waals surface area contributed by atoms with Crippen LogP contribution in [0.2, 0.25) is 5.02 Å². The summed E-state index contributed by atoms with van der Waals surface area (Å²) in [6.07, 6.45) is 2.62. The minimum absolute atomic E-state index is 0.167. The molecule has 0 saturated heterocycles. The Kier molecular flexibility index (Phi) is 5.40. The number of carbonyl (C=O) groups is 2. The van der Waals surface area contributed by atoms with Crippen molar-refractivity contribution >= 4 is 35.1 Å². The van der Waals surface area contributed by atoms with Gasteiger partial charge in [-0.1, -0.05) is 60.1 Å². The molecule has 0 bridgehead atoms. The Bertz CT molecular complexity index is 1290. The number of benzene rings is 3. The second-order valence-corrected chi connectivity index (χ2v) is 8.36. The first-order valence-electron chi connectivity index (χ1n) is 10.4. The number of hydrogen-bond acceptors (Lipinski definition) is 5. The van der Waals surface area contributed by atoms with Gasteiger partial charge in [-0.2, -0.15) is 0 Å². The van der Waals surface area contributed by atoms with Gasteiger partial charge >= 0.3 is 0 Å². The molecule has 0 spiro atoms. The van der Waals surface area contributed by atoms with Crippen LogP contribution in [0.3, 0.4) is 0 Å². The van der Waals surface area contributed by atoms with Crippen LogP contribution in [0.25, 0.3) is 6.08 Å². The van der Waals surface area contributed by atoms with E-state index >= 15 is 0 Å². The molecular weight excluding hydrogens is 442 g/mol. The SMILES string of the molecule is O=C(/C=C/c1ccc2c(c1)OCO2)C[C@]1(O)C(=O)N(Cc2ccccc2Cl)c2ccccc21. The highest BCUT2D eigenvalue weighted by Crippen LogP contribution is 2.43. The molecule has 0 aromatic heterocycles. The van der Waals surface area contributed by atoms with Gasteiger partial charge in [-0.25, -0.2) is 0 Å². The van der Waals surface area contributed by atoms with Crippen LogP contribution in [-0.4, -0.2) is 23.6 Å². The van der Waals surface area contributed by atoms with Gasteiger partial charge in [-0.05, 0) is 41.5 Å². The zero-order chi connectivity index (χ0) is 23.0. The van der Waals surface area contributed by atoms with Gasteiger partial charge in [0.25, 0.3) is 5.91 Å². The third-order valence-corrected chi connectivity index (χ3v) is 6.18. The van der Waals surface area contributed by atoms with Gasteiger partial charge in [-0.3, -0.25) is 9.59 Å². The molecule has 1 N–H and O–H groups in total. The summed E-state index contributed by atoms with van der Waals surface area (Å²) in [4.78, 5) is 27.6.